The highest BCUT2D eigenvalue weighted by atomic mass is 16.5. The molecule has 1 aliphatic rings. The van der Waals surface area contributed by atoms with Gasteiger partial charge in [-0.2, -0.15) is 4.98 Å². The monoisotopic (exact) mass is 264 g/mol. The lowest BCUT2D eigenvalue weighted by Crippen LogP contribution is -2.31. The molecule has 1 aliphatic carbocycles. The molecule has 19 heavy (non-hydrogen) atoms. The predicted molar refractivity (Wildman–Crippen MR) is 77.3 cm³/mol. The van der Waals surface area contributed by atoms with Crippen LogP contribution in [0.4, 0.5) is 11.5 Å². The topological polar surface area (TPSA) is 73.1 Å². The van der Waals surface area contributed by atoms with Crippen LogP contribution in [0.5, 0.6) is 5.88 Å². The average Bonchev–Trinajstić information content (AvgIpc) is 2.36. The summed E-state index contributed by atoms with van der Waals surface area (Å²) in [5.74, 6) is 1.82. The van der Waals surface area contributed by atoms with Crippen molar-refractivity contribution in [2.45, 2.75) is 58.6 Å². The smallest absolute Gasteiger partial charge is 0.242 e. The summed E-state index contributed by atoms with van der Waals surface area (Å²) >= 11 is 0. The second-order valence-electron chi connectivity index (χ2n) is 5.62. The van der Waals surface area contributed by atoms with Crippen molar-refractivity contribution in [2.75, 3.05) is 11.1 Å². The molecule has 0 amide bonds. The molecule has 3 N–H and O–H groups in total. The van der Waals surface area contributed by atoms with Crippen LogP contribution in [0.3, 0.4) is 0 Å². The SMILES string of the molecule is CC(C)Oc1ncnc(NC2CCCCC2C)c1N. The van der Waals surface area contributed by atoms with Crippen LogP contribution in [0.15, 0.2) is 6.33 Å². The fraction of sp³-hybridized carbons (Fsp3) is 0.714. The molecule has 1 saturated carbocycles. The van der Waals surface area contributed by atoms with Gasteiger partial charge in [0, 0.05) is 6.04 Å². The zero-order chi connectivity index (χ0) is 13.8. The maximum atomic E-state index is 6.08. The minimum Gasteiger partial charge on any atom is -0.473 e. The molecule has 0 saturated heterocycles. The normalized spacial score (nSPS) is 23.4. The van der Waals surface area contributed by atoms with Crippen molar-refractivity contribution in [2.24, 2.45) is 5.92 Å². The lowest BCUT2D eigenvalue weighted by atomic mass is 9.86. The van der Waals surface area contributed by atoms with Crippen LogP contribution in [-0.4, -0.2) is 22.1 Å². The molecule has 2 atom stereocenters. The molecule has 1 aromatic rings. The number of ether oxygens (including phenoxy) is 1. The predicted octanol–water partition coefficient (Wildman–Crippen LogP) is 2.84. The van der Waals surface area contributed by atoms with Gasteiger partial charge in [-0.3, -0.25) is 0 Å². The largest absolute Gasteiger partial charge is 0.473 e. The van der Waals surface area contributed by atoms with E-state index in [-0.39, 0.29) is 6.10 Å². The molecule has 0 radical (unpaired) electrons. The van der Waals surface area contributed by atoms with E-state index >= 15 is 0 Å². The van der Waals surface area contributed by atoms with Gasteiger partial charge in [0.05, 0.1) is 6.10 Å². The fourth-order valence-corrected chi connectivity index (χ4v) is 2.52. The van der Waals surface area contributed by atoms with E-state index in [1.54, 1.807) is 0 Å². The van der Waals surface area contributed by atoms with Crippen molar-refractivity contribution < 1.29 is 4.74 Å². The maximum Gasteiger partial charge on any atom is 0.242 e. The first-order valence-corrected chi connectivity index (χ1v) is 7.11. The van der Waals surface area contributed by atoms with Gasteiger partial charge in [0.15, 0.2) is 5.82 Å². The summed E-state index contributed by atoms with van der Waals surface area (Å²) in [6, 6.07) is 0.442. The highest BCUT2D eigenvalue weighted by Gasteiger charge is 2.23. The Morgan fingerprint density at radius 3 is 2.74 bits per heavy atom. The van der Waals surface area contributed by atoms with Gasteiger partial charge in [0.25, 0.3) is 0 Å². The average molecular weight is 264 g/mol. The standard InChI is InChI=1S/C14H24N4O/c1-9(2)19-14-12(15)13(16-8-17-14)18-11-7-5-4-6-10(11)3/h8-11H,4-7,15H2,1-3H3,(H,16,17,18). The number of nitrogens with zero attached hydrogens (tertiary/aromatic N) is 2. The Bertz CT molecular complexity index is 422. The zero-order valence-electron chi connectivity index (χ0n) is 12.0. The molecule has 0 bridgehead atoms. The van der Waals surface area contributed by atoms with Crippen molar-refractivity contribution in [1.82, 2.24) is 9.97 Å². The van der Waals surface area contributed by atoms with Gasteiger partial charge in [-0.15, -0.1) is 0 Å². The number of aromatic nitrogens is 2. The molecule has 5 heteroatoms. The Kier molecular flexibility index (Phi) is 4.45. The minimum absolute atomic E-state index is 0.0543. The second kappa shape index (κ2) is 6.08. The van der Waals surface area contributed by atoms with Crippen molar-refractivity contribution in [3.05, 3.63) is 6.33 Å². The quantitative estimate of drug-likeness (QED) is 0.874. The third-order valence-corrected chi connectivity index (χ3v) is 3.63. The summed E-state index contributed by atoms with van der Waals surface area (Å²) in [7, 11) is 0. The van der Waals surface area contributed by atoms with Gasteiger partial charge in [0.1, 0.15) is 12.0 Å². The first kappa shape index (κ1) is 13.9. The van der Waals surface area contributed by atoms with Gasteiger partial charge in [-0.05, 0) is 32.6 Å². The number of hydrogen-bond donors (Lipinski definition) is 2. The summed E-state index contributed by atoms with van der Waals surface area (Å²) < 4.78 is 5.59. The minimum atomic E-state index is 0.0543. The third kappa shape index (κ3) is 3.49. The fourth-order valence-electron chi connectivity index (χ4n) is 2.52. The molecule has 0 aromatic carbocycles. The molecule has 2 unspecified atom stereocenters. The molecular formula is C14H24N4O. The third-order valence-electron chi connectivity index (χ3n) is 3.63. The Labute approximate surface area is 115 Å². The molecule has 1 fully saturated rings. The van der Waals surface area contributed by atoms with E-state index in [9.17, 15) is 0 Å². The van der Waals surface area contributed by atoms with E-state index in [0.717, 1.165) is 0 Å². The van der Waals surface area contributed by atoms with Gasteiger partial charge in [-0.1, -0.05) is 19.8 Å². The molecule has 1 heterocycles. The van der Waals surface area contributed by atoms with Crippen LogP contribution in [-0.2, 0) is 0 Å². The van der Waals surface area contributed by atoms with Crippen LogP contribution < -0.4 is 15.8 Å². The van der Waals surface area contributed by atoms with Crippen LogP contribution in [0.25, 0.3) is 0 Å². The molecule has 0 spiro atoms. The summed E-state index contributed by atoms with van der Waals surface area (Å²) in [4.78, 5) is 8.34. The summed E-state index contributed by atoms with van der Waals surface area (Å²) in [6.07, 6.45) is 6.58. The van der Waals surface area contributed by atoms with E-state index in [1.165, 1.54) is 32.0 Å². The summed E-state index contributed by atoms with van der Waals surface area (Å²) in [6.45, 7) is 6.19. The van der Waals surface area contributed by atoms with Crippen molar-refractivity contribution in [1.29, 1.82) is 0 Å². The second-order valence-corrected chi connectivity index (χ2v) is 5.62. The van der Waals surface area contributed by atoms with Gasteiger partial charge < -0.3 is 15.8 Å². The van der Waals surface area contributed by atoms with Gasteiger partial charge in [0.2, 0.25) is 5.88 Å². The number of nitrogens with two attached hydrogens (primary N) is 1. The van der Waals surface area contributed by atoms with E-state index in [0.29, 0.717) is 29.3 Å². The summed E-state index contributed by atoms with van der Waals surface area (Å²) in [5, 5.41) is 3.46. The number of nitrogens with one attached hydrogen (secondary N) is 1. The molecule has 5 nitrogen and oxygen atoms in total. The maximum absolute atomic E-state index is 6.08. The molecule has 106 valence electrons. The lowest BCUT2D eigenvalue weighted by Gasteiger charge is -2.30. The Morgan fingerprint density at radius 1 is 1.32 bits per heavy atom. The highest BCUT2D eigenvalue weighted by molar-refractivity contribution is 5.66. The number of rotatable bonds is 4. The van der Waals surface area contributed by atoms with E-state index in [1.807, 2.05) is 13.8 Å². The van der Waals surface area contributed by atoms with E-state index < -0.39 is 0 Å². The van der Waals surface area contributed by atoms with Gasteiger partial charge >= 0.3 is 0 Å². The van der Waals surface area contributed by atoms with Crippen molar-refractivity contribution in [3.63, 3.8) is 0 Å². The van der Waals surface area contributed by atoms with Crippen molar-refractivity contribution in [3.8, 4) is 5.88 Å². The van der Waals surface area contributed by atoms with Crippen LogP contribution in [0.1, 0.15) is 46.5 Å². The Balaban J connectivity index is 2.11. The van der Waals surface area contributed by atoms with Crippen molar-refractivity contribution >= 4 is 11.5 Å². The number of anilines is 2. The molecule has 1 aromatic heterocycles. The molecular weight excluding hydrogens is 240 g/mol. The lowest BCUT2D eigenvalue weighted by molar-refractivity contribution is 0.234. The molecule has 0 aliphatic heterocycles. The van der Waals surface area contributed by atoms with Gasteiger partial charge in [-0.25, -0.2) is 4.98 Å². The first-order valence-electron chi connectivity index (χ1n) is 7.11. The Morgan fingerprint density at radius 2 is 2.05 bits per heavy atom. The number of hydrogen-bond acceptors (Lipinski definition) is 5. The summed E-state index contributed by atoms with van der Waals surface area (Å²) in [5.41, 5.74) is 6.59. The van der Waals surface area contributed by atoms with Crippen LogP contribution in [0.2, 0.25) is 0 Å². The first-order chi connectivity index (χ1) is 9.08. The highest BCUT2D eigenvalue weighted by Crippen LogP contribution is 2.30. The van der Waals surface area contributed by atoms with E-state index in [2.05, 4.69) is 22.2 Å². The number of nitrogen functional groups attached to an aromatic ring is 1. The van der Waals surface area contributed by atoms with Crippen LogP contribution >= 0.6 is 0 Å². The Hall–Kier alpha value is -1.52. The van der Waals surface area contributed by atoms with Crippen LogP contribution in [0, 0.1) is 5.92 Å². The zero-order valence-corrected chi connectivity index (χ0v) is 12.0. The molecule has 2 rings (SSSR count). The van der Waals surface area contributed by atoms with E-state index in [4.69, 9.17) is 10.5 Å².